The predicted octanol–water partition coefficient (Wildman–Crippen LogP) is 3.45. The molecule has 0 bridgehead atoms. The van der Waals surface area contributed by atoms with Gasteiger partial charge >= 0.3 is 0 Å². The van der Waals surface area contributed by atoms with Crippen molar-refractivity contribution in [1.82, 2.24) is 15.1 Å². The largest absolute Gasteiger partial charge is 0.369 e. The summed E-state index contributed by atoms with van der Waals surface area (Å²) in [5.74, 6) is -1.13. The average Bonchev–Trinajstić information content (AvgIpc) is 2.84. The van der Waals surface area contributed by atoms with Crippen molar-refractivity contribution >= 4 is 17.5 Å². The number of hydrogen-bond donors (Lipinski definition) is 1. The SMILES string of the molecule is CC(NC(=O)C1CCN(C(=O)c2ccc(F)cc2)CC1)c1cc(F)ccc1N1CCN(C)CC1. The first-order chi connectivity index (χ1) is 16.3. The molecule has 1 atom stereocenters. The smallest absolute Gasteiger partial charge is 0.253 e. The van der Waals surface area contributed by atoms with Crippen LogP contribution in [0.1, 0.15) is 41.7 Å². The molecule has 0 aromatic heterocycles. The fourth-order valence-corrected chi connectivity index (χ4v) is 4.74. The molecule has 8 heteroatoms. The Labute approximate surface area is 199 Å². The molecule has 1 unspecified atom stereocenters. The molecule has 34 heavy (non-hydrogen) atoms. The number of nitrogens with one attached hydrogen (secondary N) is 1. The van der Waals surface area contributed by atoms with Crippen LogP contribution in [0.15, 0.2) is 42.5 Å². The van der Waals surface area contributed by atoms with Gasteiger partial charge in [-0.05, 0) is 69.3 Å². The van der Waals surface area contributed by atoms with Gasteiger partial charge in [0.15, 0.2) is 0 Å². The maximum absolute atomic E-state index is 14.1. The Kier molecular flexibility index (Phi) is 7.46. The van der Waals surface area contributed by atoms with Gasteiger partial charge in [-0.3, -0.25) is 9.59 Å². The van der Waals surface area contributed by atoms with Crippen molar-refractivity contribution in [3.05, 3.63) is 65.2 Å². The monoisotopic (exact) mass is 470 g/mol. The minimum atomic E-state index is -0.380. The van der Waals surface area contributed by atoms with Gasteiger partial charge in [-0.1, -0.05) is 0 Å². The third-order valence-electron chi connectivity index (χ3n) is 6.90. The molecule has 0 aliphatic carbocycles. The van der Waals surface area contributed by atoms with E-state index in [1.165, 1.54) is 36.4 Å². The van der Waals surface area contributed by atoms with Gasteiger partial charge in [0.25, 0.3) is 5.91 Å². The van der Waals surface area contributed by atoms with Gasteiger partial charge in [-0.2, -0.15) is 0 Å². The number of piperidine rings is 1. The molecule has 2 aliphatic rings. The number of amides is 2. The van der Waals surface area contributed by atoms with E-state index in [-0.39, 0.29) is 35.4 Å². The zero-order valence-corrected chi connectivity index (χ0v) is 19.8. The molecule has 182 valence electrons. The molecule has 0 spiro atoms. The van der Waals surface area contributed by atoms with Crippen LogP contribution in [0, 0.1) is 17.6 Å². The third-order valence-corrected chi connectivity index (χ3v) is 6.90. The van der Waals surface area contributed by atoms with Gasteiger partial charge in [-0.25, -0.2) is 8.78 Å². The number of halogens is 2. The van der Waals surface area contributed by atoms with Crippen molar-refractivity contribution in [2.75, 3.05) is 51.2 Å². The van der Waals surface area contributed by atoms with Crippen molar-refractivity contribution in [3.63, 3.8) is 0 Å². The van der Waals surface area contributed by atoms with Crippen molar-refractivity contribution in [1.29, 1.82) is 0 Å². The lowest BCUT2D eigenvalue weighted by Gasteiger charge is -2.36. The average molecular weight is 471 g/mol. The molecule has 0 radical (unpaired) electrons. The van der Waals surface area contributed by atoms with E-state index in [0.717, 1.165) is 37.4 Å². The lowest BCUT2D eigenvalue weighted by molar-refractivity contribution is -0.126. The summed E-state index contributed by atoms with van der Waals surface area (Å²) in [6.45, 7) is 6.41. The van der Waals surface area contributed by atoms with Crippen molar-refractivity contribution in [3.8, 4) is 0 Å². The summed E-state index contributed by atoms with van der Waals surface area (Å²) in [7, 11) is 2.09. The number of carbonyl (C=O) groups is 2. The Morgan fingerprint density at radius 1 is 0.912 bits per heavy atom. The van der Waals surface area contributed by atoms with Gasteiger partial charge in [0.05, 0.1) is 6.04 Å². The second kappa shape index (κ2) is 10.5. The summed E-state index contributed by atoms with van der Waals surface area (Å²) in [5, 5.41) is 3.08. The molecule has 2 saturated heterocycles. The highest BCUT2D eigenvalue weighted by Crippen LogP contribution is 2.29. The summed E-state index contributed by atoms with van der Waals surface area (Å²) in [5.41, 5.74) is 2.18. The van der Waals surface area contributed by atoms with Crippen molar-refractivity contribution in [2.24, 2.45) is 5.92 Å². The molecule has 2 heterocycles. The van der Waals surface area contributed by atoms with Crippen molar-refractivity contribution < 1.29 is 18.4 Å². The van der Waals surface area contributed by atoms with Gasteiger partial charge in [0.2, 0.25) is 5.91 Å². The number of piperazine rings is 1. The van der Waals surface area contributed by atoms with E-state index in [1.807, 2.05) is 6.92 Å². The molecule has 1 N–H and O–H groups in total. The fraction of sp³-hybridized carbons (Fsp3) is 0.462. The molecule has 2 aromatic rings. The van der Waals surface area contributed by atoms with E-state index in [0.29, 0.717) is 31.5 Å². The minimum Gasteiger partial charge on any atom is -0.369 e. The number of anilines is 1. The quantitative estimate of drug-likeness (QED) is 0.728. The van der Waals surface area contributed by atoms with Crippen LogP contribution in [0.4, 0.5) is 14.5 Å². The molecular weight excluding hydrogens is 438 g/mol. The Morgan fingerprint density at radius 3 is 2.18 bits per heavy atom. The van der Waals surface area contributed by atoms with E-state index in [4.69, 9.17) is 0 Å². The number of benzene rings is 2. The summed E-state index contributed by atoms with van der Waals surface area (Å²) in [6, 6.07) is 9.97. The summed E-state index contributed by atoms with van der Waals surface area (Å²) < 4.78 is 27.2. The zero-order chi connectivity index (χ0) is 24.2. The number of rotatable bonds is 5. The minimum absolute atomic E-state index is 0.0741. The van der Waals surface area contributed by atoms with E-state index in [1.54, 1.807) is 11.0 Å². The van der Waals surface area contributed by atoms with Crippen LogP contribution in [0.5, 0.6) is 0 Å². The summed E-state index contributed by atoms with van der Waals surface area (Å²) in [4.78, 5) is 31.9. The first-order valence-corrected chi connectivity index (χ1v) is 11.9. The fourth-order valence-electron chi connectivity index (χ4n) is 4.74. The highest BCUT2D eigenvalue weighted by atomic mass is 19.1. The molecule has 0 saturated carbocycles. The Bertz CT molecular complexity index is 1010. The summed E-state index contributed by atoms with van der Waals surface area (Å²) in [6.07, 6.45) is 1.11. The normalized spacial score (nSPS) is 18.6. The van der Waals surface area contributed by atoms with E-state index in [2.05, 4.69) is 22.2 Å². The van der Waals surface area contributed by atoms with Gasteiger partial charge in [-0.15, -0.1) is 0 Å². The summed E-state index contributed by atoms with van der Waals surface area (Å²) >= 11 is 0. The lowest BCUT2D eigenvalue weighted by Crippen LogP contribution is -2.45. The Hall–Kier alpha value is -3.00. The first-order valence-electron chi connectivity index (χ1n) is 11.9. The highest BCUT2D eigenvalue weighted by Gasteiger charge is 2.29. The molecule has 4 rings (SSSR count). The second-order valence-electron chi connectivity index (χ2n) is 9.30. The van der Waals surface area contributed by atoms with Crippen LogP contribution in [-0.2, 0) is 4.79 Å². The molecular formula is C26H32F2N4O2. The number of nitrogens with zero attached hydrogens (tertiary/aromatic N) is 3. The number of carbonyl (C=O) groups excluding carboxylic acids is 2. The lowest BCUT2D eigenvalue weighted by atomic mass is 9.94. The molecule has 2 fully saturated rings. The molecule has 2 aromatic carbocycles. The van der Waals surface area contributed by atoms with Crippen LogP contribution < -0.4 is 10.2 Å². The molecule has 6 nitrogen and oxygen atoms in total. The molecule has 2 amide bonds. The number of likely N-dealkylation sites (N-methyl/N-ethyl adjacent to an activating group) is 1. The van der Waals surface area contributed by atoms with E-state index in [9.17, 15) is 18.4 Å². The van der Waals surface area contributed by atoms with E-state index < -0.39 is 0 Å². The zero-order valence-electron chi connectivity index (χ0n) is 19.8. The van der Waals surface area contributed by atoms with Crippen LogP contribution in [0.3, 0.4) is 0 Å². The third kappa shape index (κ3) is 5.55. The highest BCUT2D eigenvalue weighted by molar-refractivity contribution is 5.94. The topological polar surface area (TPSA) is 55.9 Å². The Balaban J connectivity index is 1.36. The van der Waals surface area contributed by atoms with Gasteiger partial charge < -0.3 is 20.0 Å². The van der Waals surface area contributed by atoms with Crippen LogP contribution in [0.25, 0.3) is 0 Å². The number of likely N-dealkylation sites (tertiary alicyclic amines) is 1. The number of hydrogen-bond acceptors (Lipinski definition) is 4. The second-order valence-corrected chi connectivity index (χ2v) is 9.30. The predicted molar refractivity (Wildman–Crippen MR) is 128 cm³/mol. The maximum Gasteiger partial charge on any atom is 0.253 e. The first kappa shape index (κ1) is 24.1. The van der Waals surface area contributed by atoms with Crippen LogP contribution >= 0.6 is 0 Å². The van der Waals surface area contributed by atoms with Crippen molar-refractivity contribution in [2.45, 2.75) is 25.8 Å². The maximum atomic E-state index is 14.1. The standard InChI is InChI=1S/C26H32F2N4O2/c1-18(23-17-22(28)7-8-24(23)31-15-13-30(2)14-16-31)29-25(33)19-9-11-32(12-10-19)26(34)20-3-5-21(27)6-4-20/h3-8,17-19H,9-16H2,1-2H3,(H,29,33). The Morgan fingerprint density at radius 2 is 1.53 bits per heavy atom. The van der Waals surface area contributed by atoms with Gasteiger partial charge in [0, 0.05) is 62.0 Å². The molecule has 2 aliphatic heterocycles. The van der Waals surface area contributed by atoms with Crippen LogP contribution in [-0.4, -0.2) is 67.9 Å². The van der Waals surface area contributed by atoms with E-state index >= 15 is 0 Å². The van der Waals surface area contributed by atoms with Crippen LogP contribution in [0.2, 0.25) is 0 Å². The van der Waals surface area contributed by atoms with Gasteiger partial charge in [0.1, 0.15) is 11.6 Å².